The number of hydrogen-bond donors (Lipinski definition) is 0. The Morgan fingerprint density at radius 3 is 1.82 bits per heavy atom. The molecule has 0 fully saturated rings. The van der Waals surface area contributed by atoms with Crippen molar-refractivity contribution in [1.29, 1.82) is 0 Å². The molecule has 0 bridgehead atoms. The van der Waals surface area contributed by atoms with E-state index in [1.807, 2.05) is 6.08 Å². The zero-order valence-electron chi connectivity index (χ0n) is 11.5. The molecule has 0 amide bonds. The second-order valence-corrected chi connectivity index (χ2v) is 8.47. The van der Waals surface area contributed by atoms with Gasteiger partial charge in [-0.05, 0) is 0 Å². The van der Waals surface area contributed by atoms with Crippen molar-refractivity contribution in [1.82, 2.24) is 7.50 Å². The predicted molar refractivity (Wildman–Crippen MR) is 68.4 cm³/mol. The fourth-order valence-corrected chi connectivity index (χ4v) is 7.47. The Kier molecular flexibility index (Phi) is 5.80. The molecule has 0 saturated carbocycles. The third-order valence-electron chi connectivity index (χ3n) is 3.35. The van der Waals surface area contributed by atoms with Crippen molar-refractivity contribution in [3.8, 4) is 0 Å². The van der Waals surface area contributed by atoms with Gasteiger partial charge < -0.3 is 0 Å². The average molecular weight is 276 g/mol. The molecule has 0 N–H and O–H groups in total. The van der Waals surface area contributed by atoms with Gasteiger partial charge in [-0.3, -0.25) is 0 Å². The van der Waals surface area contributed by atoms with Crippen LogP contribution in [0.3, 0.4) is 0 Å². The van der Waals surface area contributed by atoms with Gasteiger partial charge in [-0.1, -0.05) is 0 Å². The van der Waals surface area contributed by atoms with Crippen LogP contribution in [0.5, 0.6) is 0 Å². The van der Waals surface area contributed by atoms with Crippen molar-refractivity contribution in [2.24, 2.45) is 0 Å². The van der Waals surface area contributed by atoms with E-state index in [0.717, 1.165) is 36.9 Å². The third kappa shape index (κ3) is 2.79. The first-order valence-electron chi connectivity index (χ1n) is 6.62. The van der Waals surface area contributed by atoms with E-state index in [1.165, 1.54) is 0 Å². The van der Waals surface area contributed by atoms with E-state index in [4.69, 9.17) is 0 Å². The maximum atomic E-state index is 13.5. The monoisotopic (exact) mass is 276 g/mol. The molecule has 0 radical (unpaired) electrons. The van der Waals surface area contributed by atoms with Gasteiger partial charge in [0.1, 0.15) is 0 Å². The fourth-order valence-electron chi connectivity index (χ4n) is 2.41. The number of hydrogen-bond acceptors (Lipinski definition) is 1. The van der Waals surface area contributed by atoms with Crippen LogP contribution in [0, 0.1) is 0 Å². The van der Waals surface area contributed by atoms with Gasteiger partial charge >= 0.3 is 108 Å². The molecule has 17 heavy (non-hydrogen) atoms. The Morgan fingerprint density at radius 1 is 1.06 bits per heavy atom. The second kappa shape index (κ2) is 6.65. The standard InChI is InChI=1S/C5H5.2C4H10N.O.V/c1-2-4-5-3-1;2*1-3-5-4-2;;/h1-3H,4H2;2*3-4H2,1-2H3;;/q;2*-1;;+2. The molecule has 1 aliphatic carbocycles. The van der Waals surface area contributed by atoms with Crippen molar-refractivity contribution in [3.63, 3.8) is 0 Å². The van der Waals surface area contributed by atoms with Crippen LogP contribution in [0.4, 0.5) is 0 Å². The summed E-state index contributed by atoms with van der Waals surface area (Å²) in [4.78, 5) is 0. The normalized spacial score (nSPS) is 16.0. The molecule has 1 rings (SSSR count). The molecule has 0 aliphatic heterocycles. The fraction of sp³-hybridized carbons (Fsp3) is 0.692. The van der Waals surface area contributed by atoms with E-state index in [2.05, 4.69) is 47.3 Å². The minimum absolute atomic E-state index is 0.862. The molecule has 0 aromatic heterocycles. The van der Waals surface area contributed by atoms with Gasteiger partial charge in [0.05, 0.1) is 0 Å². The molecule has 0 unspecified atom stereocenters. The van der Waals surface area contributed by atoms with E-state index >= 15 is 0 Å². The van der Waals surface area contributed by atoms with Crippen molar-refractivity contribution >= 4 is 0 Å². The van der Waals surface area contributed by atoms with E-state index in [1.54, 1.807) is 0 Å². The van der Waals surface area contributed by atoms with Gasteiger partial charge in [-0.15, -0.1) is 0 Å². The minimum atomic E-state index is -3.26. The molecule has 0 heterocycles. The predicted octanol–water partition coefficient (Wildman–Crippen LogP) is 2.84. The molecule has 3 nitrogen and oxygen atoms in total. The summed E-state index contributed by atoms with van der Waals surface area (Å²) in [6.45, 7) is 11.9. The SMILES string of the molecule is CC[N](CC)[V](=[O])([C]1=CC=CC1)[N](CC)CC. The van der Waals surface area contributed by atoms with E-state index in [9.17, 15) is 3.67 Å². The quantitative estimate of drug-likeness (QED) is 0.714. The Morgan fingerprint density at radius 2 is 1.53 bits per heavy atom. The molecule has 0 atom stereocenters. The van der Waals surface area contributed by atoms with Gasteiger partial charge in [0, 0.05) is 0 Å². The van der Waals surface area contributed by atoms with Crippen LogP contribution < -0.4 is 0 Å². The van der Waals surface area contributed by atoms with Crippen molar-refractivity contribution in [2.45, 2.75) is 34.1 Å². The molecule has 1 aliphatic rings. The first-order valence-corrected chi connectivity index (χ1v) is 9.13. The molecule has 0 saturated heterocycles. The average Bonchev–Trinajstić information content (AvgIpc) is 2.86. The zero-order valence-corrected chi connectivity index (χ0v) is 12.9. The van der Waals surface area contributed by atoms with Gasteiger partial charge in [-0.2, -0.15) is 0 Å². The Hall–Kier alpha value is -0.216. The second-order valence-electron chi connectivity index (χ2n) is 4.11. The van der Waals surface area contributed by atoms with Gasteiger partial charge in [0.25, 0.3) is 0 Å². The third-order valence-corrected chi connectivity index (χ3v) is 9.20. The summed E-state index contributed by atoms with van der Waals surface area (Å²) >= 11 is -3.26. The topological polar surface area (TPSA) is 23.6 Å². The maximum absolute atomic E-state index is 13.5. The van der Waals surface area contributed by atoms with Crippen LogP contribution in [-0.4, -0.2) is 33.7 Å². The van der Waals surface area contributed by atoms with E-state index in [0.29, 0.717) is 0 Å². The van der Waals surface area contributed by atoms with Crippen LogP contribution in [0.1, 0.15) is 34.1 Å². The van der Waals surface area contributed by atoms with E-state index < -0.39 is 14.4 Å². The molecular formula is C13H25N2OV. The van der Waals surface area contributed by atoms with Crippen molar-refractivity contribution < 1.29 is 18.1 Å². The first-order chi connectivity index (χ1) is 8.14. The Balaban J connectivity index is 3.11. The van der Waals surface area contributed by atoms with E-state index in [-0.39, 0.29) is 0 Å². The number of rotatable bonds is 7. The van der Waals surface area contributed by atoms with Crippen LogP contribution in [0.15, 0.2) is 22.5 Å². The van der Waals surface area contributed by atoms with Crippen LogP contribution >= 0.6 is 0 Å². The van der Waals surface area contributed by atoms with Gasteiger partial charge in [0.2, 0.25) is 0 Å². The summed E-state index contributed by atoms with van der Waals surface area (Å²) in [6.07, 6.45) is 7.08. The number of allylic oxidation sites excluding steroid dienone is 4. The van der Waals surface area contributed by atoms with Crippen molar-refractivity contribution in [3.05, 3.63) is 22.5 Å². The molecule has 98 valence electrons. The van der Waals surface area contributed by atoms with Crippen LogP contribution in [-0.2, 0) is 18.1 Å². The van der Waals surface area contributed by atoms with Gasteiger partial charge in [0.15, 0.2) is 0 Å². The Bertz CT molecular complexity index is 325. The van der Waals surface area contributed by atoms with Crippen molar-refractivity contribution in [2.75, 3.05) is 26.2 Å². The first kappa shape index (κ1) is 14.8. The molecular weight excluding hydrogens is 251 g/mol. The molecule has 0 spiro atoms. The van der Waals surface area contributed by atoms with Gasteiger partial charge in [-0.25, -0.2) is 0 Å². The van der Waals surface area contributed by atoms with Crippen LogP contribution in [0.2, 0.25) is 0 Å². The molecule has 0 aromatic rings. The Labute approximate surface area is 108 Å². The summed E-state index contributed by atoms with van der Waals surface area (Å²) in [5, 5.41) is 0. The summed E-state index contributed by atoms with van der Waals surface area (Å²) in [7, 11) is 0. The number of nitrogens with zero attached hydrogens (tertiary/aromatic N) is 2. The summed E-state index contributed by atoms with van der Waals surface area (Å²) < 4.78 is 19.1. The summed E-state index contributed by atoms with van der Waals surface area (Å²) in [6, 6.07) is 0. The molecule has 0 aromatic carbocycles. The zero-order chi connectivity index (χ0) is 12.9. The molecule has 4 heteroatoms. The summed E-state index contributed by atoms with van der Waals surface area (Å²) in [5.74, 6) is 0. The van der Waals surface area contributed by atoms with Crippen LogP contribution in [0.25, 0.3) is 0 Å². The summed E-state index contributed by atoms with van der Waals surface area (Å²) in [5.41, 5.74) is 0.